The number of hydrogen-bond acceptors (Lipinski definition) is 2. The van der Waals surface area contributed by atoms with Gasteiger partial charge in [0.25, 0.3) is 0 Å². The van der Waals surface area contributed by atoms with Crippen molar-refractivity contribution in [2.75, 3.05) is 0 Å². The molecule has 0 saturated carbocycles. The van der Waals surface area contributed by atoms with Crippen LogP contribution in [0.2, 0.25) is 0 Å². The molecule has 3 nitrogen and oxygen atoms in total. The Labute approximate surface area is 353 Å². The van der Waals surface area contributed by atoms with Gasteiger partial charge in [-0.1, -0.05) is 198 Å². The number of rotatable bonds is 6. The third-order valence-electron chi connectivity index (χ3n) is 11.3. The third-order valence-corrected chi connectivity index (χ3v) is 11.3. The first-order chi connectivity index (χ1) is 29.8. The van der Waals surface area contributed by atoms with Crippen LogP contribution in [0.15, 0.2) is 200 Å². The molecule has 0 bridgehead atoms. The van der Waals surface area contributed by atoms with Gasteiger partial charge in [0, 0.05) is 45.1 Å². The smallest absolute Gasteiger partial charge is 0.160 e. The molecule has 0 atom stereocenters. The van der Waals surface area contributed by atoms with E-state index in [1.54, 1.807) is 0 Å². The lowest BCUT2D eigenvalue weighted by atomic mass is 9.93. The molecule has 0 aliphatic heterocycles. The van der Waals surface area contributed by atoms with Crippen molar-refractivity contribution in [2.24, 2.45) is 0 Å². The average Bonchev–Trinajstić information content (AvgIpc) is 3.89. The van der Waals surface area contributed by atoms with E-state index in [1.165, 1.54) is 71.9 Å². The highest BCUT2D eigenvalue weighted by atomic mass is 15.0. The Kier molecular flexibility index (Phi) is 10.7. The standard InChI is InChI=1S/C53H35N3.2C2H6/c1-4-14-35(15-5-1)36-26-28-37(29-27-36)51-47-33-42-20-13-24-44(50(42)52(47)55-53(54-51)38-16-6-2-7-17-38)41-19-12-18-39(32-41)40-30-31-46-45-23-10-11-25-48(45)56(49(46)34-40)43-21-8-3-9-22-43;2*1-2/h1-32,34H,33H2;2*1-2H3. The molecule has 8 aromatic carbocycles. The van der Waals surface area contributed by atoms with Crippen molar-refractivity contribution < 1.29 is 0 Å². The zero-order chi connectivity index (χ0) is 41.0. The highest BCUT2D eigenvalue weighted by Crippen LogP contribution is 2.46. The molecule has 2 heterocycles. The summed E-state index contributed by atoms with van der Waals surface area (Å²) in [4.78, 5) is 10.6. The minimum absolute atomic E-state index is 0.741. The number of nitrogens with zero attached hydrogens (tertiary/aromatic N) is 3. The first-order valence-electron chi connectivity index (χ1n) is 21.2. The SMILES string of the molecule is CC.CC.c1ccc(-c2ccc(-c3nc(-c4ccccc4)nc4c3Cc3cccc(-c5cccc(-c6ccc7c8ccccc8n(-c8ccccc8)c7c6)c5)c3-4)cc2)cc1. The van der Waals surface area contributed by atoms with Crippen LogP contribution in [0.1, 0.15) is 38.8 Å². The normalized spacial score (nSPS) is 11.3. The highest BCUT2D eigenvalue weighted by Gasteiger charge is 2.28. The van der Waals surface area contributed by atoms with Crippen LogP contribution in [-0.2, 0) is 6.42 Å². The molecule has 0 radical (unpaired) electrons. The number of fused-ring (bicyclic) bond motifs is 6. The Hall–Kier alpha value is -7.36. The minimum atomic E-state index is 0.741. The Morgan fingerprint density at radius 3 is 1.67 bits per heavy atom. The zero-order valence-electron chi connectivity index (χ0n) is 34.6. The largest absolute Gasteiger partial charge is 0.309 e. The fraction of sp³-hybridized carbons (Fsp3) is 0.0877. The molecule has 1 aliphatic rings. The lowest BCUT2D eigenvalue weighted by molar-refractivity contribution is 1.13. The molecule has 11 rings (SSSR count). The predicted octanol–water partition coefficient (Wildman–Crippen LogP) is 15.5. The quantitative estimate of drug-likeness (QED) is 0.168. The lowest BCUT2D eigenvalue weighted by Crippen LogP contribution is -1.99. The summed E-state index contributed by atoms with van der Waals surface area (Å²) in [5.41, 5.74) is 18.4. The average molecular weight is 774 g/mol. The molecule has 3 heteroatoms. The van der Waals surface area contributed by atoms with Crippen LogP contribution in [0.4, 0.5) is 0 Å². The molecule has 0 N–H and O–H groups in total. The van der Waals surface area contributed by atoms with Gasteiger partial charge in [-0.05, 0) is 69.3 Å². The van der Waals surface area contributed by atoms with Crippen LogP contribution in [0.3, 0.4) is 0 Å². The molecule has 290 valence electrons. The van der Waals surface area contributed by atoms with Crippen LogP contribution >= 0.6 is 0 Å². The van der Waals surface area contributed by atoms with Gasteiger partial charge in [-0.3, -0.25) is 0 Å². The number of hydrogen-bond donors (Lipinski definition) is 0. The highest BCUT2D eigenvalue weighted by molar-refractivity contribution is 6.10. The molecule has 0 spiro atoms. The first-order valence-corrected chi connectivity index (χ1v) is 21.2. The molecule has 1 aliphatic carbocycles. The van der Waals surface area contributed by atoms with Crippen LogP contribution in [0.25, 0.3) is 94.8 Å². The van der Waals surface area contributed by atoms with Gasteiger partial charge in [-0.15, -0.1) is 0 Å². The molecular formula is C57H47N3. The number of aromatic nitrogens is 3. The second-order valence-electron chi connectivity index (χ2n) is 14.5. The van der Waals surface area contributed by atoms with Gasteiger partial charge in [0.15, 0.2) is 5.82 Å². The van der Waals surface area contributed by atoms with Crippen LogP contribution in [0, 0.1) is 0 Å². The molecule has 0 amide bonds. The summed E-state index contributed by atoms with van der Waals surface area (Å²) in [5.74, 6) is 0.741. The Morgan fingerprint density at radius 1 is 0.383 bits per heavy atom. The van der Waals surface area contributed by atoms with Gasteiger partial charge in [0.2, 0.25) is 0 Å². The summed E-state index contributed by atoms with van der Waals surface area (Å²) in [5, 5.41) is 2.51. The van der Waals surface area contributed by atoms with Crippen molar-refractivity contribution in [3.63, 3.8) is 0 Å². The maximum atomic E-state index is 5.36. The summed E-state index contributed by atoms with van der Waals surface area (Å²) in [7, 11) is 0. The molecule has 0 unspecified atom stereocenters. The summed E-state index contributed by atoms with van der Waals surface area (Å²) in [6, 6.07) is 71.7. The second kappa shape index (κ2) is 16.9. The fourth-order valence-electron chi connectivity index (χ4n) is 8.59. The van der Waals surface area contributed by atoms with E-state index in [9.17, 15) is 0 Å². The third kappa shape index (κ3) is 6.88. The van der Waals surface area contributed by atoms with Crippen LogP contribution in [-0.4, -0.2) is 14.5 Å². The fourth-order valence-corrected chi connectivity index (χ4v) is 8.59. The molecule has 60 heavy (non-hydrogen) atoms. The van der Waals surface area contributed by atoms with E-state index >= 15 is 0 Å². The summed E-state index contributed by atoms with van der Waals surface area (Å²) in [6.07, 6.45) is 0.781. The Morgan fingerprint density at radius 2 is 0.917 bits per heavy atom. The lowest BCUT2D eigenvalue weighted by Gasteiger charge is -2.14. The van der Waals surface area contributed by atoms with Crippen molar-refractivity contribution in [2.45, 2.75) is 34.1 Å². The van der Waals surface area contributed by atoms with Crippen molar-refractivity contribution >= 4 is 21.8 Å². The minimum Gasteiger partial charge on any atom is -0.309 e. The van der Waals surface area contributed by atoms with Crippen molar-refractivity contribution in [3.8, 4) is 73.0 Å². The molecular weight excluding hydrogens is 727 g/mol. The van der Waals surface area contributed by atoms with E-state index in [1.807, 2.05) is 33.8 Å². The zero-order valence-corrected chi connectivity index (χ0v) is 34.6. The van der Waals surface area contributed by atoms with Crippen molar-refractivity contribution in [1.29, 1.82) is 0 Å². The predicted molar refractivity (Wildman–Crippen MR) is 254 cm³/mol. The maximum absolute atomic E-state index is 5.36. The van der Waals surface area contributed by atoms with Gasteiger partial charge in [-0.2, -0.15) is 0 Å². The molecule has 0 saturated heterocycles. The number of para-hydroxylation sites is 2. The summed E-state index contributed by atoms with van der Waals surface area (Å²) < 4.78 is 2.38. The number of benzene rings is 8. The van der Waals surface area contributed by atoms with Crippen molar-refractivity contribution in [3.05, 3.63) is 211 Å². The monoisotopic (exact) mass is 773 g/mol. The van der Waals surface area contributed by atoms with Gasteiger partial charge in [-0.25, -0.2) is 9.97 Å². The summed E-state index contributed by atoms with van der Waals surface area (Å²) >= 11 is 0. The molecule has 10 aromatic rings. The van der Waals surface area contributed by atoms with E-state index in [0.29, 0.717) is 0 Å². The molecule has 2 aromatic heterocycles. The van der Waals surface area contributed by atoms with E-state index in [-0.39, 0.29) is 0 Å². The topological polar surface area (TPSA) is 30.7 Å². The van der Waals surface area contributed by atoms with Gasteiger partial charge in [0.05, 0.1) is 22.4 Å². The Bertz CT molecular complexity index is 3070. The van der Waals surface area contributed by atoms with Crippen molar-refractivity contribution in [1.82, 2.24) is 14.5 Å². The van der Waals surface area contributed by atoms with E-state index in [2.05, 4.69) is 199 Å². The van der Waals surface area contributed by atoms with E-state index in [4.69, 9.17) is 9.97 Å². The van der Waals surface area contributed by atoms with Gasteiger partial charge < -0.3 is 4.57 Å². The van der Waals surface area contributed by atoms with Crippen LogP contribution < -0.4 is 0 Å². The summed E-state index contributed by atoms with van der Waals surface area (Å²) in [6.45, 7) is 8.00. The maximum Gasteiger partial charge on any atom is 0.160 e. The van der Waals surface area contributed by atoms with E-state index in [0.717, 1.165) is 40.4 Å². The second-order valence-corrected chi connectivity index (χ2v) is 14.5. The van der Waals surface area contributed by atoms with Gasteiger partial charge in [0.1, 0.15) is 0 Å². The Balaban J connectivity index is 0.00000112. The van der Waals surface area contributed by atoms with E-state index < -0.39 is 0 Å². The first kappa shape index (κ1) is 38.2. The van der Waals surface area contributed by atoms with Crippen LogP contribution in [0.5, 0.6) is 0 Å². The van der Waals surface area contributed by atoms with Gasteiger partial charge >= 0.3 is 0 Å². The molecule has 0 fully saturated rings.